The van der Waals surface area contributed by atoms with Crippen molar-refractivity contribution in [2.75, 3.05) is 26.2 Å². The molecule has 4 nitrogen and oxygen atoms in total. The van der Waals surface area contributed by atoms with Crippen LogP contribution in [0.1, 0.15) is 71.6 Å². The van der Waals surface area contributed by atoms with Gasteiger partial charge in [-0.2, -0.15) is 0 Å². The topological polar surface area (TPSA) is 55.6 Å². The van der Waals surface area contributed by atoms with Crippen molar-refractivity contribution in [2.24, 2.45) is 27.9 Å². The fourth-order valence-electron chi connectivity index (χ4n) is 7.58. The molecule has 0 aromatic carbocycles. The van der Waals surface area contributed by atoms with Crippen molar-refractivity contribution in [3.8, 4) is 0 Å². The zero-order valence-electron chi connectivity index (χ0n) is 16.6. The smallest absolute Gasteiger partial charge is 0.228 e. The third-order valence-electron chi connectivity index (χ3n) is 7.51. The molecule has 5 fully saturated rings. The maximum Gasteiger partial charge on any atom is 0.228 e. The van der Waals surface area contributed by atoms with Gasteiger partial charge in [0.15, 0.2) is 0 Å². The summed E-state index contributed by atoms with van der Waals surface area (Å²) in [7, 11) is 0. The number of halogens is 1. The molecule has 0 spiro atoms. The number of rotatable bonds is 5. The lowest BCUT2D eigenvalue weighted by Gasteiger charge is -2.65. The van der Waals surface area contributed by atoms with Crippen LogP contribution in [0.25, 0.3) is 0 Å². The van der Waals surface area contributed by atoms with E-state index in [1.165, 1.54) is 19.3 Å². The van der Waals surface area contributed by atoms with Gasteiger partial charge in [-0.3, -0.25) is 4.79 Å². The van der Waals surface area contributed by atoms with Gasteiger partial charge in [0.2, 0.25) is 5.91 Å². The quantitative estimate of drug-likeness (QED) is 0.734. The second kappa shape index (κ2) is 7.25. The first kappa shape index (κ1) is 20.4. The highest BCUT2D eigenvalue weighted by molar-refractivity contribution is 5.85. The van der Waals surface area contributed by atoms with Crippen LogP contribution in [0.15, 0.2) is 0 Å². The van der Waals surface area contributed by atoms with E-state index in [2.05, 4.69) is 18.7 Å². The minimum Gasteiger partial charge on any atom is -0.378 e. The van der Waals surface area contributed by atoms with E-state index < -0.39 is 0 Å². The molecule has 1 heterocycles. The van der Waals surface area contributed by atoms with E-state index in [1.807, 2.05) is 0 Å². The molecule has 0 aromatic heterocycles. The summed E-state index contributed by atoms with van der Waals surface area (Å²) < 4.78 is 5.91. The first-order valence-corrected chi connectivity index (χ1v) is 10.5. The Balaban J connectivity index is 0.00000196. The van der Waals surface area contributed by atoms with Gasteiger partial charge in [0.1, 0.15) is 0 Å². The largest absolute Gasteiger partial charge is 0.378 e. The summed E-state index contributed by atoms with van der Waals surface area (Å²) in [4.78, 5) is 15.8. The minimum atomic E-state index is -0.0455. The van der Waals surface area contributed by atoms with E-state index in [-0.39, 0.29) is 17.8 Å². The second-order valence-corrected chi connectivity index (χ2v) is 10.4. The summed E-state index contributed by atoms with van der Waals surface area (Å²) in [5.41, 5.74) is 6.31. The van der Waals surface area contributed by atoms with Gasteiger partial charge in [-0.1, -0.05) is 13.8 Å². The molecule has 150 valence electrons. The van der Waals surface area contributed by atoms with Gasteiger partial charge in [0.25, 0.3) is 0 Å². The lowest BCUT2D eigenvalue weighted by molar-refractivity contribution is -0.181. The highest BCUT2D eigenvalue weighted by atomic mass is 35.5. The Morgan fingerprint density at radius 2 is 1.69 bits per heavy atom. The first-order valence-electron chi connectivity index (χ1n) is 10.5. The molecule has 4 bridgehead atoms. The average Bonchev–Trinajstić information content (AvgIpc) is 2.52. The molecule has 2 unspecified atom stereocenters. The summed E-state index contributed by atoms with van der Waals surface area (Å²) in [6, 6.07) is 0. The predicted octanol–water partition coefficient (Wildman–Crippen LogP) is 3.76. The van der Waals surface area contributed by atoms with Crippen molar-refractivity contribution in [3.05, 3.63) is 0 Å². The normalized spacial score (nSPS) is 42.0. The Morgan fingerprint density at radius 1 is 1.08 bits per heavy atom. The highest BCUT2D eigenvalue weighted by Gasteiger charge is 2.63. The summed E-state index contributed by atoms with van der Waals surface area (Å²) in [6.45, 7) is 8.12. The van der Waals surface area contributed by atoms with Crippen LogP contribution in [0.3, 0.4) is 0 Å². The molecule has 5 aliphatic rings. The fraction of sp³-hybridized carbons (Fsp3) is 0.952. The SMILES string of the molecule is CC12CC3CC(C)(C1)CC(C(=O)N1CCC(OCCCN)CC1)(C3)C2.Cl. The number of ether oxygens (including phenoxy) is 1. The molecule has 0 radical (unpaired) electrons. The molecule has 1 amide bonds. The predicted molar refractivity (Wildman–Crippen MR) is 106 cm³/mol. The van der Waals surface area contributed by atoms with Crippen LogP contribution in [0, 0.1) is 22.2 Å². The van der Waals surface area contributed by atoms with Crippen LogP contribution in [0.2, 0.25) is 0 Å². The van der Waals surface area contributed by atoms with E-state index in [1.54, 1.807) is 0 Å². The third-order valence-corrected chi connectivity index (χ3v) is 7.51. The van der Waals surface area contributed by atoms with Gasteiger partial charge in [-0.05, 0) is 81.1 Å². The molecule has 1 saturated heterocycles. The van der Waals surface area contributed by atoms with Gasteiger partial charge >= 0.3 is 0 Å². The number of nitrogens with zero attached hydrogens (tertiary/aromatic N) is 1. The minimum absolute atomic E-state index is 0. The second-order valence-electron chi connectivity index (χ2n) is 10.4. The highest BCUT2D eigenvalue weighted by Crippen LogP contribution is 2.69. The molecule has 26 heavy (non-hydrogen) atoms. The Morgan fingerprint density at radius 3 is 2.23 bits per heavy atom. The van der Waals surface area contributed by atoms with Crippen LogP contribution in [-0.4, -0.2) is 43.2 Å². The maximum absolute atomic E-state index is 13.6. The van der Waals surface area contributed by atoms with E-state index in [0.717, 1.165) is 64.1 Å². The Bertz CT molecular complexity index is 514. The number of hydrogen-bond acceptors (Lipinski definition) is 3. The molecule has 5 heteroatoms. The molecule has 0 aromatic rings. The number of likely N-dealkylation sites (tertiary alicyclic amines) is 1. The number of piperidine rings is 1. The van der Waals surface area contributed by atoms with Gasteiger partial charge in [-0.15, -0.1) is 12.4 Å². The van der Waals surface area contributed by atoms with Crippen molar-refractivity contribution < 1.29 is 9.53 Å². The summed E-state index contributed by atoms with van der Waals surface area (Å²) in [6.07, 6.45) is 10.7. The molecule has 2 atom stereocenters. The van der Waals surface area contributed by atoms with E-state index in [9.17, 15) is 4.79 Å². The van der Waals surface area contributed by atoms with Crippen LogP contribution >= 0.6 is 12.4 Å². The fourth-order valence-corrected chi connectivity index (χ4v) is 7.58. The van der Waals surface area contributed by atoms with E-state index in [0.29, 0.717) is 29.4 Å². The number of nitrogens with two attached hydrogens (primary N) is 1. The number of carbonyl (C=O) groups excluding carboxylic acids is 1. The van der Waals surface area contributed by atoms with Crippen LogP contribution in [0.5, 0.6) is 0 Å². The Kier molecular flexibility index (Phi) is 5.70. The van der Waals surface area contributed by atoms with Crippen LogP contribution in [0.4, 0.5) is 0 Å². The molecular formula is C21H37ClN2O2. The zero-order chi connectivity index (χ0) is 17.7. The molecule has 2 N–H and O–H groups in total. The third kappa shape index (κ3) is 3.66. The molecule has 5 rings (SSSR count). The van der Waals surface area contributed by atoms with Crippen molar-refractivity contribution in [2.45, 2.75) is 77.7 Å². The van der Waals surface area contributed by atoms with Crippen molar-refractivity contribution >= 4 is 18.3 Å². The van der Waals surface area contributed by atoms with Gasteiger partial charge in [0.05, 0.1) is 11.5 Å². The molecule has 4 saturated carbocycles. The van der Waals surface area contributed by atoms with Gasteiger partial charge in [-0.25, -0.2) is 0 Å². The summed E-state index contributed by atoms with van der Waals surface area (Å²) in [5.74, 6) is 1.27. The number of amides is 1. The van der Waals surface area contributed by atoms with E-state index >= 15 is 0 Å². The van der Waals surface area contributed by atoms with Crippen molar-refractivity contribution in [1.29, 1.82) is 0 Å². The van der Waals surface area contributed by atoms with E-state index in [4.69, 9.17) is 10.5 Å². The first-order chi connectivity index (χ1) is 11.9. The molecular weight excluding hydrogens is 348 g/mol. The van der Waals surface area contributed by atoms with Crippen molar-refractivity contribution in [3.63, 3.8) is 0 Å². The number of carbonyl (C=O) groups is 1. The summed E-state index contributed by atoms with van der Waals surface area (Å²) in [5, 5.41) is 0. The summed E-state index contributed by atoms with van der Waals surface area (Å²) >= 11 is 0. The van der Waals surface area contributed by atoms with Crippen molar-refractivity contribution in [1.82, 2.24) is 4.90 Å². The van der Waals surface area contributed by atoms with Crippen LogP contribution in [-0.2, 0) is 9.53 Å². The Labute approximate surface area is 165 Å². The van der Waals surface area contributed by atoms with Gasteiger partial charge < -0.3 is 15.4 Å². The standard InChI is InChI=1S/C21H36N2O2.ClH/c1-19-10-16-11-20(2,13-19)15-21(12-16,14-19)18(24)23-7-4-17(5-8-23)25-9-3-6-22;/h16-17H,3-15,22H2,1-2H3;1H. The average molecular weight is 385 g/mol. The number of hydrogen-bond donors (Lipinski definition) is 1. The molecule has 4 aliphatic carbocycles. The van der Waals surface area contributed by atoms with Gasteiger partial charge in [0, 0.05) is 19.7 Å². The lowest BCUT2D eigenvalue weighted by Crippen LogP contribution is -2.61. The Hall–Kier alpha value is -0.320. The zero-order valence-corrected chi connectivity index (χ0v) is 17.4. The van der Waals surface area contributed by atoms with Crippen LogP contribution < -0.4 is 5.73 Å². The molecule has 1 aliphatic heterocycles. The monoisotopic (exact) mass is 384 g/mol. The lowest BCUT2D eigenvalue weighted by atomic mass is 9.40. The maximum atomic E-state index is 13.6.